The molecule has 0 spiro atoms. The SMILES string of the molecule is Cc1cc2c(cc1CN1CCC(O)(c3ccccc3)C1)OCO2.Cl. The summed E-state index contributed by atoms with van der Waals surface area (Å²) in [6.45, 7) is 4.76. The summed E-state index contributed by atoms with van der Waals surface area (Å²) in [4.78, 5) is 2.30. The Hall–Kier alpha value is -1.75. The fraction of sp³-hybridized carbons (Fsp3) is 0.368. The lowest BCUT2D eigenvalue weighted by molar-refractivity contribution is 0.0453. The maximum absolute atomic E-state index is 10.9. The van der Waals surface area contributed by atoms with Gasteiger partial charge in [0.05, 0.1) is 0 Å². The maximum atomic E-state index is 10.9. The molecule has 1 saturated heterocycles. The third kappa shape index (κ3) is 3.09. The monoisotopic (exact) mass is 347 g/mol. The standard InChI is InChI=1S/C19H21NO3.ClH/c1-14-9-17-18(23-13-22-17)10-15(14)11-20-8-7-19(21,12-20)16-5-3-2-4-6-16;/h2-6,9-10,21H,7-8,11-13H2,1H3;1H. The molecule has 0 bridgehead atoms. The molecule has 2 aliphatic heterocycles. The number of fused-ring (bicyclic) bond motifs is 1. The van der Waals surface area contributed by atoms with Gasteiger partial charge in [-0.05, 0) is 42.2 Å². The zero-order valence-electron chi connectivity index (χ0n) is 13.7. The van der Waals surface area contributed by atoms with Gasteiger partial charge in [-0.25, -0.2) is 0 Å². The van der Waals surface area contributed by atoms with Gasteiger partial charge in [0.1, 0.15) is 5.60 Å². The molecule has 0 radical (unpaired) electrons. The number of aliphatic hydroxyl groups is 1. The predicted octanol–water partition coefficient (Wildman–Crippen LogP) is 3.24. The Bertz CT molecular complexity index is 722. The van der Waals surface area contributed by atoms with Crippen molar-refractivity contribution in [2.75, 3.05) is 19.9 Å². The third-order valence-electron chi connectivity index (χ3n) is 4.86. The number of hydrogen-bond acceptors (Lipinski definition) is 4. The molecule has 24 heavy (non-hydrogen) atoms. The highest BCUT2D eigenvalue weighted by Gasteiger charge is 2.37. The third-order valence-corrected chi connectivity index (χ3v) is 4.86. The molecule has 2 aromatic rings. The molecule has 128 valence electrons. The molecule has 0 amide bonds. The van der Waals surface area contributed by atoms with Crippen molar-refractivity contribution in [3.63, 3.8) is 0 Å². The van der Waals surface area contributed by atoms with Crippen LogP contribution in [0.5, 0.6) is 11.5 Å². The second kappa shape index (κ2) is 6.63. The van der Waals surface area contributed by atoms with Crippen molar-refractivity contribution in [1.82, 2.24) is 4.90 Å². The number of β-amino-alcohol motifs (C(OH)–C–C–N with tert-alkyl or cyclic N) is 1. The summed E-state index contributed by atoms with van der Waals surface area (Å²) in [6.07, 6.45) is 0.764. The smallest absolute Gasteiger partial charge is 0.231 e. The highest BCUT2D eigenvalue weighted by molar-refractivity contribution is 5.85. The van der Waals surface area contributed by atoms with Gasteiger partial charge < -0.3 is 14.6 Å². The first-order chi connectivity index (χ1) is 11.1. The van der Waals surface area contributed by atoms with Gasteiger partial charge >= 0.3 is 0 Å². The Kier molecular flexibility index (Phi) is 4.72. The van der Waals surface area contributed by atoms with Crippen LogP contribution in [0.3, 0.4) is 0 Å². The number of nitrogens with zero attached hydrogens (tertiary/aromatic N) is 1. The van der Waals surface area contributed by atoms with E-state index in [-0.39, 0.29) is 12.4 Å². The van der Waals surface area contributed by atoms with Crippen molar-refractivity contribution in [1.29, 1.82) is 0 Å². The average Bonchev–Trinajstić information content (AvgIpc) is 3.16. The Morgan fingerprint density at radius 3 is 2.58 bits per heavy atom. The number of aryl methyl sites for hydroxylation is 1. The van der Waals surface area contributed by atoms with Crippen molar-refractivity contribution < 1.29 is 14.6 Å². The molecule has 2 heterocycles. The van der Waals surface area contributed by atoms with Crippen LogP contribution < -0.4 is 9.47 Å². The molecule has 5 heteroatoms. The quantitative estimate of drug-likeness (QED) is 0.925. The van der Waals surface area contributed by atoms with Crippen molar-refractivity contribution in [3.05, 3.63) is 59.2 Å². The van der Waals surface area contributed by atoms with E-state index in [4.69, 9.17) is 9.47 Å². The summed E-state index contributed by atoms with van der Waals surface area (Å²) < 4.78 is 10.9. The van der Waals surface area contributed by atoms with Gasteiger partial charge in [0.2, 0.25) is 6.79 Å². The lowest BCUT2D eigenvalue weighted by Crippen LogP contribution is -2.30. The minimum atomic E-state index is -0.745. The van der Waals surface area contributed by atoms with Crippen LogP contribution in [0, 0.1) is 6.92 Å². The molecule has 1 atom stereocenters. The topological polar surface area (TPSA) is 41.9 Å². The number of rotatable bonds is 3. The molecule has 0 aliphatic carbocycles. The van der Waals surface area contributed by atoms with Gasteiger partial charge in [-0.1, -0.05) is 30.3 Å². The van der Waals surface area contributed by atoms with Gasteiger partial charge in [0.15, 0.2) is 11.5 Å². The minimum Gasteiger partial charge on any atom is -0.454 e. The Labute approximate surface area is 148 Å². The van der Waals surface area contributed by atoms with Crippen LogP contribution in [-0.4, -0.2) is 29.9 Å². The van der Waals surface area contributed by atoms with E-state index in [1.807, 2.05) is 36.4 Å². The number of ether oxygens (including phenoxy) is 2. The van der Waals surface area contributed by atoms with E-state index in [1.54, 1.807) is 0 Å². The van der Waals surface area contributed by atoms with E-state index in [9.17, 15) is 5.11 Å². The molecule has 1 N–H and O–H groups in total. The summed E-state index contributed by atoms with van der Waals surface area (Å²) >= 11 is 0. The fourth-order valence-corrected chi connectivity index (χ4v) is 3.49. The van der Waals surface area contributed by atoms with Crippen molar-refractivity contribution >= 4 is 12.4 Å². The van der Waals surface area contributed by atoms with Gasteiger partial charge in [-0.3, -0.25) is 4.90 Å². The predicted molar refractivity (Wildman–Crippen MR) is 94.8 cm³/mol. The summed E-state index contributed by atoms with van der Waals surface area (Å²) in [5, 5.41) is 10.9. The summed E-state index contributed by atoms with van der Waals surface area (Å²) in [6, 6.07) is 14.1. The first kappa shape index (κ1) is 17.1. The molecule has 0 aromatic heterocycles. The van der Waals surface area contributed by atoms with E-state index < -0.39 is 5.60 Å². The molecular weight excluding hydrogens is 326 g/mol. The number of halogens is 1. The number of benzene rings is 2. The van der Waals surface area contributed by atoms with Crippen LogP contribution in [0.4, 0.5) is 0 Å². The molecular formula is C19H22ClNO3. The molecule has 4 rings (SSSR count). The Balaban J connectivity index is 0.00000169. The van der Waals surface area contributed by atoms with Crippen molar-refractivity contribution in [3.8, 4) is 11.5 Å². The zero-order valence-corrected chi connectivity index (χ0v) is 14.5. The second-order valence-corrected chi connectivity index (χ2v) is 6.49. The molecule has 0 saturated carbocycles. The normalized spacial score (nSPS) is 22.4. The molecule has 1 unspecified atom stereocenters. The molecule has 4 nitrogen and oxygen atoms in total. The maximum Gasteiger partial charge on any atom is 0.231 e. The van der Waals surface area contributed by atoms with Crippen LogP contribution in [0.25, 0.3) is 0 Å². The van der Waals surface area contributed by atoms with Gasteiger partial charge in [0, 0.05) is 19.6 Å². The number of hydrogen-bond donors (Lipinski definition) is 1. The minimum absolute atomic E-state index is 0. The van der Waals surface area contributed by atoms with Gasteiger partial charge in [0.25, 0.3) is 0 Å². The first-order valence-electron chi connectivity index (χ1n) is 8.03. The van der Waals surface area contributed by atoms with E-state index in [1.165, 1.54) is 11.1 Å². The largest absolute Gasteiger partial charge is 0.454 e. The summed E-state index contributed by atoms with van der Waals surface area (Å²) in [7, 11) is 0. The van der Waals surface area contributed by atoms with E-state index in [2.05, 4.69) is 17.9 Å². The van der Waals surface area contributed by atoms with Crippen LogP contribution in [0.1, 0.15) is 23.1 Å². The van der Waals surface area contributed by atoms with Crippen LogP contribution in [-0.2, 0) is 12.1 Å². The lowest BCUT2D eigenvalue weighted by atomic mass is 9.93. The van der Waals surface area contributed by atoms with Crippen LogP contribution in [0.15, 0.2) is 42.5 Å². The molecule has 2 aromatic carbocycles. The van der Waals surface area contributed by atoms with E-state index in [0.29, 0.717) is 13.3 Å². The van der Waals surface area contributed by atoms with Crippen LogP contribution in [0.2, 0.25) is 0 Å². The average molecular weight is 348 g/mol. The van der Waals surface area contributed by atoms with E-state index in [0.717, 1.165) is 36.6 Å². The van der Waals surface area contributed by atoms with Gasteiger partial charge in [-0.2, -0.15) is 0 Å². The first-order valence-corrected chi connectivity index (χ1v) is 8.03. The fourth-order valence-electron chi connectivity index (χ4n) is 3.49. The van der Waals surface area contributed by atoms with E-state index >= 15 is 0 Å². The second-order valence-electron chi connectivity index (χ2n) is 6.49. The van der Waals surface area contributed by atoms with Crippen molar-refractivity contribution in [2.24, 2.45) is 0 Å². The van der Waals surface area contributed by atoms with Crippen molar-refractivity contribution in [2.45, 2.75) is 25.5 Å². The lowest BCUT2D eigenvalue weighted by Gasteiger charge is -2.24. The highest BCUT2D eigenvalue weighted by atomic mass is 35.5. The van der Waals surface area contributed by atoms with Crippen LogP contribution >= 0.6 is 12.4 Å². The Morgan fingerprint density at radius 2 is 1.83 bits per heavy atom. The van der Waals surface area contributed by atoms with Gasteiger partial charge in [-0.15, -0.1) is 12.4 Å². The highest BCUT2D eigenvalue weighted by Crippen LogP contribution is 2.37. The molecule has 1 fully saturated rings. The zero-order chi connectivity index (χ0) is 15.9. The summed E-state index contributed by atoms with van der Waals surface area (Å²) in [5.74, 6) is 1.65. The number of likely N-dealkylation sites (tertiary alicyclic amines) is 1. The summed E-state index contributed by atoms with van der Waals surface area (Å²) in [5.41, 5.74) is 2.69. The molecule has 2 aliphatic rings. The Morgan fingerprint density at radius 1 is 1.12 bits per heavy atom.